The van der Waals surface area contributed by atoms with Crippen molar-refractivity contribution in [1.82, 2.24) is 0 Å². The average Bonchev–Trinajstić information content (AvgIpc) is 2.73. The maximum absolute atomic E-state index is 13.1. The molecule has 0 unspecified atom stereocenters. The van der Waals surface area contributed by atoms with Gasteiger partial charge < -0.3 is 9.47 Å². The zero-order chi connectivity index (χ0) is 19.9. The molecule has 0 amide bonds. The normalized spacial score (nSPS) is 12.3. The molecule has 0 aliphatic carbocycles. The predicted octanol–water partition coefficient (Wildman–Crippen LogP) is 5.68. The van der Waals surface area contributed by atoms with Gasteiger partial charge in [-0.1, -0.05) is 60.7 Å². The van der Waals surface area contributed by atoms with Crippen LogP contribution in [0.2, 0.25) is 0 Å². The van der Waals surface area contributed by atoms with E-state index in [2.05, 4.69) is 0 Å². The van der Waals surface area contributed by atoms with Crippen LogP contribution in [-0.2, 0) is 9.53 Å². The maximum Gasteiger partial charge on any atom is 0.339 e. The van der Waals surface area contributed by atoms with Crippen LogP contribution in [0.25, 0.3) is 11.6 Å². The molecule has 3 nitrogen and oxygen atoms in total. The summed E-state index contributed by atoms with van der Waals surface area (Å²) >= 11 is 0. The number of carbonyl (C=O) groups is 1. The molecule has 142 valence electrons. The Labute approximate surface area is 164 Å². The van der Waals surface area contributed by atoms with Crippen LogP contribution in [0.5, 0.6) is 5.75 Å². The van der Waals surface area contributed by atoms with E-state index in [4.69, 9.17) is 9.47 Å². The van der Waals surface area contributed by atoms with Gasteiger partial charge in [0.25, 0.3) is 0 Å². The van der Waals surface area contributed by atoms with Crippen molar-refractivity contribution >= 4 is 17.6 Å². The van der Waals surface area contributed by atoms with Gasteiger partial charge in [0, 0.05) is 5.56 Å². The minimum atomic E-state index is -0.516. The molecular formula is C24H21FO3. The summed E-state index contributed by atoms with van der Waals surface area (Å²) < 4.78 is 24.2. The van der Waals surface area contributed by atoms with E-state index in [0.717, 1.165) is 16.7 Å². The highest BCUT2D eigenvalue weighted by Crippen LogP contribution is 2.27. The van der Waals surface area contributed by atoms with Gasteiger partial charge >= 0.3 is 5.97 Å². The molecule has 0 saturated heterocycles. The summed E-state index contributed by atoms with van der Waals surface area (Å²) in [5.74, 6) is -0.132. The summed E-state index contributed by atoms with van der Waals surface area (Å²) in [5.41, 5.74) is 2.65. The first-order chi connectivity index (χ1) is 13.6. The van der Waals surface area contributed by atoms with Gasteiger partial charge in [0.15, 0.2) is 0 Å². The number of methoxy groups -OCH3 is 1. The molecule has 0 saturated carbocycles. The Kier molecular flexibility index (Phi) is 6.22. The third kappa shape index (κ3) is 4.65. The lowest BCUT2D eigenvalue weighted by atomic mass is 10.0. The molecule has 0 aromatic heterocycles. The van der Waals surface area contributed by atoms with Gasteiger partial charge in [-0.2, -0.15) is 0 Å². The lowest BCUT2D eigenvalue weighted by Crippen LogP contribution is -2.11. The largest absolute Gasteiger partial charge is 0.496 e. The third-order valence-corrected chi connectivity index (χ3v) is 4.37. The molecule has 3 aromatic rings. The van der Waals surface area contributed by atoms with Gasteiger partial charge in [0.1, 0.15) is 17.7 Å². The van der Waals surface area contributed by atoms with Gasteiger partial charge in [-0.05, 0) is 42.3 Å². The minimum absolute atomic E-state index is 0.330. The first-order valence-corrected chi connectivity index (χ1v) is 8.95. The molecule has 28 heavy (non-hydrogen) atoms. The molecule has 4 heteroatoms. The van der Waals surface area contributed by atoms with E-state index in [0.29, 0.717) is 11.3 Å². The molecule has 0 aliphatic heterocycles. The van der Waals surface area contributed by atoms with Crippen LogP contribution in [0.4, 0.5) is 4.39 Å². The highest BCUT2D eigenvalue weighted by atomic mass is 19.1. The van der Waals surface area contributed by atoms with E-state index in [1.807, 2.05) is 54.6 Å². The number of hydrogen-bond donors (Lipinski definition) is 0. The summed E-state index contributed by atoms with van der Waals surface area (Å²) in [6.45, 7) is 1.76. The zero-order valence-corrected chi connectivity index (χ0v) is 15.8. The fourth-order valence-electron chi connectivity index (χ4n) is 2.84. The van der Waals surface area contributed by atoms with Crippen LogP contribution in [-0.4, -0.2) is 13.1 Å². The second-order valence-corrected chi connectivity index (χ2v) is 6.27. The number of benzene rings is 3. The number of hydrogen-bond acceptors (Lipinski definition) is 3. The highest BCUT2D eigenvalue weighted by molar-refractivity contribution is 6.21. The Balaban J connectivity index is 1.94. The van der Waals surface area contributed by atoms with Crippen LogP contribution in [0.1, 0.15) is 29.7 Å². The van der Waals surface area contributed by atoms with Crippen molar-refractivity contribution in [2.45, 2.75) is 13.0 Å². The van der Waals surface area contributed by atoms with E-state index >= 15 is 0 Å². The lowest BCUT2D eigenvalue weighted by Gasteiger charge is -2.16. The van der Waals surface area contributed by atoms with Crippen molar-refractivity contribution in [2.75, 3.05) is 7.11 Å². The maximum atomic E-state index is 13.1. The predicted molar refractivity (Wildman–Crippen MR) is 108 cm³/mol. The molecule has 0 radical (unpaired) electrons. The summed E-state index contributed by atoms with van der Waals surface area (Å²) in [6, 6.07) is 22.7. The quantitative estimate of drug-likeness (QED) is 0.315. The second-order valence-electron chi connectivity index (χ2n) is 6.27. The van der Waals surface area contributed by atoms with Crippen LogP contribution in [0, 0.1) is 5.82 Å². The van der Waals surface area contributed by atoms with Crippen LogP contribution in [0.3, 0.4) is 0 Å². The Morgan fingerprint density at radius 1 is 0.929 bits per heavy atom. The molecular weight excluding hydrogens is 355 g/mol. The number of rotatable bonds is 6. The summed E-state index contributed by atoms with van der Waals surface area (Å²) in [7, 11) is 1.59. The molecule has 3 rings (SSSR count). The van der Waals surface area contributed by atoms with Crippen molar-refractivity contribution in [2.24, 2.45) is 0 Å². The van der Waals surface area contributed by atoms with E-state index in [1.54, 1.807) is 32.2 Å². The van der Waals surface area contributed by atoms with Crippen molar-refractivity contribution < 1.29 is 18.7 Å². The van der Waals surface area contributed by atoms with Gasteiger partial charge in [-0.3, -0.25) is 0 Å². The third-order valence-electron chi connectivity index (χ3n) is 4.37. The van der Waals surface area contributed by atoms with Crippen LogP contribution < -0.4 is 4.74 Å². The van der Waals surface area contributed by atoms with Gasteiger partial charge in [-0.25, -0.2) is 9.18 Å². The lowest BCUT2D eigenvalue weighted by molar-refractivity contribution is -0.141. The molecule has 0 heterocycles. The van der Waals surface area contributed by atoms with Crippen molar-refractivity contribution in [3.05, 3.63) is 101 Å². The van der Waals surface area contributed by atoms with Crippen LogP contribution >= 0.6 is 0 Å². The minimum Gasteiger partial charge on any atom is -0.496 e. The summed E-state index contributed by atoms with van der Waals surface area (Å²) in [5, 5.41) is 0. The number of carbonyl (C=O) groups excluding carboxylic acids is 1. The average molecular weight is 376 g/mol. The van der Waals surface area contributed by atoms with E-state index < -0.39 is 12.1 Å². The zero-order valence-electron chi connectivity index (χ0n) is 15.8. The van der Waals surface area contributed by atoms with Gasteiger partial charge in [0.2, 0.25) is 0 Å². The number of halogens is 1. The smallest absolute Gasteiger partial charge is 0.339 e. The van der Waals surface area contributed by atoms with Crippen molar-refractivity contribution in [1.29, 1.82) is 0 Å². The van der Waals surface area contributed by atoms with Gasteiger partial charge in [0.05, 0.1) is 12.7 Å². The SMILES string of the molecule is COc1ccccc1/C=C(/C(=O)O[C@H](C)c1ccc(F)cc1)c1ccccc1. The topological polar surface area (TPSA) is 35.5 Å². The molecule has 0 fully saturated rings. The first-order valence-electron chi connectivity index (χ1n) is 8.95. The van der Waals surface area contributed by atoms with Crippen molar-refractivity contribution in [3.8, 4) is 5.75 Å². The standard InChI is InChI=1S/C24H21FO3/c1-17(18-12-14-21(25)15-13-18)28-24(26)22(19-8-4-3-5-9-19)16-20-10-6-7-11-23(20)27-2/h3-17H,1-2H3/b22-16+/t17-/m1/s1. The van der Waals surface area contributed by atoms with Crippen molar-refractivity contribution in [3.63, 3.8) is 0 Å². The Morgan fingerprint density at radius 2 is 1.57 bits per heavy atom. The van der Waals surface area contributed by atoms with E-state index in [-0.39, 0.29) is 5.82 Å². The Hall–Kier alpha value is -3.40. The van der Waals surface area contributed by atoms with Crippen LogP contribution in [0.15, 0.2) is 78.9 Å². The second kappa shape index (κ2) is 9.00. The molecule has 0 aliphatic rings. The molecule has 0 spiro atoms. The molecule has 3 aromatic carbocycles. The number of esters is 1. The van der Waals surface area contributed by atoms with E-state index in [9.17, 15) is 9.18 Å². The Morgan fingerprint density at radius 3 is 2.25 bits per heavy atom. The summed E-state index contributed by atoms with van der Waals surface area (Å²) in [6.07, 6.45) is 1.24. The number of ether oxygens (including phenoxy) is 2. The monoisotopic (exact) mass is 376 g/mol. The van der Waals surface area contributed by atoms with Gasteiger partial charge in [-0.15, -0.1) is 0 Å². The Bertz CT molecular complexity index is 963. The fourth-order valence-corrected chi connectivity index (χ4v) is 2.84. The molecule has 1 atom stereocenters. The fraction of sp³-hybridized carbons (Fsp3) is 0.125. The molecule has 0 N–H and O–H groups in total. The highest BCUT2D eigenvalue weighted by Gasteiger charge is 2.18. The van der Waals surface area contributed by atoms with E-state index in [1.165, 1.54) is 12.1 Å². The summed E-state index contributed by atoms with van der Waals surface area (Å²) in [4.78, 5) is 13.0. The molecule has 0 bridgehead atoms. The first kappa shape index (κ1) is 19.4. The number of para-hydroxylation sites is 1.